The van der Waals surface area contributed by atoms with Gasteiger partial charge in [-0.25, -0.2) is 9.59 Å². The van der Waals surface area contributed by atoms with Gasteiger partial charge in [0.2, 0.25) is 11.8 Å². The van der Waals surface area contributed by atoms with E-state index in [1.54, 1.807) is 11.9 Å². The first kappa shape index (κ1) is 24.6. The molecule has 2 aliphatic rings. The molecule has 1 atom stereocenters. The fourth-order valence-electron chi connectivity index (χ4n) is 4.77. The zero-order valence-electron chi connectivity index (χ0n) is 20.6. The molecule has 3 aromatic rings. The highest BCUT2D eigenvalue weighted by atomic mass is 16.6. The summed E-state index contributed by atoms with van der Waals surface area (Å²) in [4.78, 5) is 50.8. The number of aromatic nitrogens is 2. The number of aryl methyl sites for hydroxylation is 1. The molecule has 194 valence electrons. The van der Waals surface area contributed by atoms with Crippen LogP contribution in [0.1, 0.15) is 18.9 Å². The van der Waals surface area contributed by atoms with Crippen molar-refractivity contribution >= 4 is 28.9 Å². The summed E-state index contributed by atoms with van der Waals surface area (Å²) in [5.41, 5.74) is 2.76. The molecule has 2 aromatic carbocycles. The van der Waals surface area contributed by atoms with Crippen molar-refractivity contribution in [3.05, 3.63) is 52.9 Å². The summed E-state index contributed by atoms with van der Waals surface area (Å²) >= 11 is 0. The fourth-order valence-corrected chi connectivity index (χ4v) is 4.77. The highest BCUT2D eigenvalue weighted by Crippen LogP contribution is 2.29. The minimum absolute atomic E-state index is 0.148. The third kappa shape index (κ3) is 5.08. The highest BCUT2D eigenvalue weighted by molar-refractivity contribution is 6.00. The molecule has 1 unspecified atom stereocenters. The molecule has 1 aromatic heterocycles. The first-order valence-corrected chi connectivity index (χ1v) is 12.3. The molecule has 2 N–H and O–H groups in total. The van der Waals surface area contributed by atoms with E-state index in [0.29, 0.717) is 29.9 Å². The maximum atomic E-state index is 13.0. The van der Waals surface area contributed by atoms with E-state index in [4.69, 9.17) is 9.47 Å². The molecule has 3 heterocycles. The maximum Gasteiger partial charge on any atom is 0.409 e. The summed E-state index contributed by atoms with van der Waals surface area (Å²) in [6.45, 7) is 3.17. The number of nitrogens with one attached hydrogen (secondary N) is 2. The molecule has 5 rings (SSSR count). The molecule has 0 aliphatic carbocycles. The average molecular weight is 508 g/mol. The van der Waals surface area contributed by atoms with Crippen molar-refractivity contribution in [3.8, 4) is 16.9 Å². The molecule has 11 heteroatoms. The standard InChI is InChI=1S/C26H29N5O6/c1-29-22-16-18(5-6-20(22)31(25(29)34)21-7-8-23(32)28-24(21)33)17-3-2-4-19(15-17)36-13-14-37-26(35)30-11-9-27-10-12-30/h2-6,15-16,21,27H,7-14H2,1H3,(H,28,32,33). The monoisotopic (exact) mass is 507 g/mol. The largest absolute Gasteiger partial charge is 0.490 e. The number of carbonyl (C=O) groups is 3. The van der Waals surface area contributed by atoms with Gasteiger partial charge in [-0.15, -0.1) is 0 Å². The van der Waals surface area contributed by atoms with Gasteiger partial charge in [-0.3, -0.25) is 24.0 Å². The van der Waals surface area contributed by atoms with Crippen molar-refractivity contribution in [3.63, 3.8) is 0 Å². The molecule has 0 saturated carbocycles. The van der Waals surface area contributed by atoms with Crippen LogP contribution in [0, 0.1) is 0 Å². The number of ether oxygens (including phenoxy) is 2. The van der Waals surface area contributed by atoms with Crippen molar-refractivity contribution in [2.24, 2.45) is 7.05 Å². The number of imide groups is 1. The lowest BCUT2D eigenvalue weighted by molar-refractivity contribution is -0.135. The van der Waals surface area contributed by atoms with E-state index in [-0.39, 0.29) is 43.7 Å². The maximum absolute atomic E-state index is 13.0. The van der Waals surface area contributed by atoms with E-state index >= 15 is 0 Å². The summed E-state index contributed by atoms with van der Waals surface area (Å²) in [6, 6.07) is 12.4. The SMILES string of the molecule is Cn1c(=O)n(C2CCC(=O)NC2=O)c2ccc(-c3cccc(OCCOC(=O)N4CCNCC4)c3)cc21. The van der Waals surface area contributed by atoms with Crippen LogP contribution in [-0.2, 0) is 21.4 Å². The second-order valence-electron chi connectivity index (χ2n) is 9.11. The van der Waals surface area contributed by atoms with E-state index in [2.05, 4.69) is 10.6 Å². The van der Waals surface area contributed by atoms with Gasteiger partial charge in [-0.05, 0) is 41.8 Å². The fraction of sp³-hybridized carbons (Fsp3) is 0.385. The first-order valence-electron chi connectivity index (χ1n) is 12.3. The summed E-state index contributed by atoms with van der Waals surface area (Å²) in [6.07, 6.45) is 0.149. The number of imidazole rings is 1. The Morgan fingerprint density at radius 3 is 2.57 bits per heavy atom. The molecule has 2 saturated heterocycles. The Labute approximate surface area is 212 Å². The molecule has 3 amide bonds. The van der Waals surface area contributed by atoms with Crippen molar-refractivity contribution in [1.82, 2.24) is 24.7 Å². The molecule has 11 nitrogen and oxygen atoms in total. The lowest BCUT2D eigenvalue weighted by atomic mass is 10.0. The molecule has 2 fully saturated rings. The molecule has 0 spiro atoms. The van der Waals surface area contributed by atoms with Crippen LogP contribution in [-0.4, -0.2) is 71.3 Å². The molecule has 2 aliphatic heterocycles. The van der Waals surface area contributed by atoms with Gasteiger partial charge in [0.25, 0.3) is 0 Å². The molecular formula is C26H29N5O6. The molecular weight excluding hydrogens is 478 g/mol. The number of benzene rings is 2. The number of nitrogens with zero attached hydrogens (tertiary/aromatic N) is 3. The number of hydrogen-bond acceptors (Lipinski definition) is 7. The van der Waals surface area contributed by atoms with Crippen LogP contribution >= 0.6 is 0 Å². The predicted octanol–water partition coefficient (Wildman–Crippen LogP) is 1.41. The molecule has 0 bridgehead atoms. The Bertz CT molecular complexity index is 1400. The Morgan fingerprint density at radius 1 is 1.00 bits per heavy atom. The van der Waals surface area contributed by atoms with E-state index in [1.807, 2.05) is 42.5 Å². The van der Waals surface area contributed by atoms with Gasteiger partial charge in [-0.1, -0.05) is 18.2 Å². The van der Waals surface area contributed by atoms with Gasteiger partial charge in [0.1, 0.15) is 25.0 Å². The van der Waals surface area contributed by atoms with Gasteiger partial charge in [0.05, 0.1) is 11.0 Å². The van der Waals surface area contributed by atoms with Crippen molar-refractivity contribution in [2.75, 3.05) is 39.4 Å². The summed E-state index contributed by atoms with van der Waals surface area (Å²) in [7, 11) is 1.66. The van der Waals surface area contributed by atoms with Gasteiger partial charge in [0, 0.05) is 39.6 Å². The minimum atomic E-state index is -0.725. The summed E-state index contributed by atoms with van der Waals surface area (Å²) in [5, 5.41) is 5.52. The third-order valence-corrected chi connectivity index (χ3v) is 6.73. The lowest BCUT2D eigenvalue weighted by Crippen LogP contribution is -2.46. The van der Waals surface area contributed by atoms with Crippen LogP contribution in [0.3, 0.4) is 0 Å². The van der Waals surface area contributed by atoms with Gasteiger partial charge in [-0.2, -0.15) is 0 Å². The Kier molecular flexibility index (Phi) is 6.95. The number of amides is 3. The van der Waals surface area contributed by atoms with E-state index in [0.717, 1.165) is 24.2 Å². The van der Waals surface area contributed by atoms with Crippen LogP contribution < -0.4 is 21.1 Å². The zero-order chi connectivity index (χ0) is 25.9. The third-order valence-electron chi connectivity index (χ3n) is 6.73. The highest BCUT2D eigenvalue weighted by Gasteiger charge is 2.31. The number of hydrogen-bond donors (Lipinski definition) is 2. The normalized spacial score (nSPS) is 18.1. The number of fused-ring (bicyclic) bond motifs is 1. The summed E-state index contributed by atoms with van der Waals surface area (Å²) in [5.74, 6) is -0.152. The smallest absolute Gasteiger partial charge is 0.409 e. The predicted molar refractivity (Wildman–Crippen MR) is 135 cm³/mol. The zero-order valence-corrected chi connectivity index (χ0v) is 20.6. The second-order valence-corrected chi connectivity index (χ2v) is 9.11. The van der Waals surface area contributed by atoms with Crippen LogP contribution in [0.15, 0.2) is 47.3 Å². The van der Waals surface area contributed by atoms with E-state index in [1.165, 1.54) is 9.13 Å². The van der Waals surface area contributed by atoms with Gasteiger partial charge >= 0.3 is 11.8 Å². The number of rotatable bonds is 6. The lowest BCUT2D eigenvalue weighted by Gasteiger charge is -2.26. The topological polar surface area (TPSA) is 124 Å². The Balaban J connectivity index is 1.29. The first-order chi connectivity index (χ1) is 17.9. The Morgan fingerprint density at radius 2 is 1.78 bits per heavy atom. The Hall–Kier alpha value is -4.12. The quantitative estimate of drug-likeness (QED) is 0.382. The van der Waals surface area contributed by atoms with Gasteiger partial charge in [0.15, 0.2) is 0 Å². The number of piperidine rings is 1. The van der Waals surface area contributed by atoms with Crippen molar-refractivity contribution in [2.45, 2.75) is 18.9 Å². The van der Waals surface area contributed by atoms with Crippen LogP contribution in [0.25, 0.3) is 22.2 Å². The van der Waals surface area contributed by atoms with Gasteiger partial charge < -0.3 is 19.7 Å². The van der Waals surface area contributed by atoms with E-state index < -0.39 is 11.9 Å². The van der Waals surface area contributed by atoms with Crippen molar-refractivity contribution < 1.29 is 23.9 Å². The van der Waals surface area contributed by atoms with Crippen LogP contribution in [0.2, 0.25) is 0 Å². The van der Waals surface area contributed by atoms with Crippen LogP contribution in [0.5, 0.6) is 5.75 Å². The van der Waals surface area contributed by atoms with E-state index in [9.17, 15) is 19.2 Å². The second kappa shape index (κ2) is 10.5. The minimum Gasteiger partial charge on any atom is -0.490 e. The molecule has 37 heavy (non-hydrogen) atoms. The number of carbonyl (C=O) groups excluding carboxylic acids is 3. The molecule has 0 radical (unpaired) electrons. The number of piperazine rings is 1. The van der Waals surface area contributed by atoms with Crippen LogP contribution in [0.4, 0.5) is 4.79 Å². The average Bonchev–Trinajstić information content (AvgIpc) is 3.16. The summed E-state index contributed by atoms with van der Waals surface area (Å²) < 4.78 is 14.1. The van der Waals surface area contributed by atoms with Crippen molar-refractivity contribution in [1.29, 1.82) is 0 Å².